The van der Waals surface area contributed by atoms with Gasteiger partial charge in [0.05, 0.1) is 17.2 Å². The number of ether oxygens (including phenoxy) is 1. The van der Waals surface area contributed by atoms with Crippen molar-refractivity contribution in [2.24, 2.45) is 0 Å². The second kappa shape index (κ2) is 7.33. The Kier molecular flexibility index (Phi) is 6.07. The molecule has 6 heteroatoms. The minimum Gasteiger partial charge on any atom is -0.385 e. The molecule has 0 aromatic heterocycles. The van der Waals surface area contributed by atoms with Gasteiger partial charge in [-0.15, -0.1) is 0 Å². The molecule has 1 N–H and O–H groups in total. The molecule has 0 atom stereocenters. The largest absolute Gasteiger partial charge is 0.385 e. The van der Waals surface area contributed by atoms with Crippen molar-refractivity contribution in [1.29, 1.82) is 0 Å². The van der Waals surface area contributed by atoms with Crippen LogP contribution in [-0.4, -0.2) is 40.2 Å². The van der Waals surface area contributed by atoms with Crippen LogP contribution in [0.2, 0.25) is 0 Å². The van der Waals surface area contributed by atoms with Gasteiger partial charge in [-0.25, -0.2) is 12.8 Å². The van der Waals surface area contributed by atoms with Gasteiger partial charge >= 0.3 is 0 Å². The van der Waals surface area contributed by atoms with E-state index >= 15 is 0 Å². The van der Waals surface area contributed by atoms with Crippen LogP contribution >= 0.6 is 0 Å². The van der Waals surface area contributed by atoms with Crippen molar-refractivity contribution in [3.8, 4) is 0 Å². The predicted octanol–water partition coefficient (Wildman–Crippen LogP) is 1.69. The molecule has 0 heterocycles. The molecule has 0 spiro atoms. The van der Waals surface area contributed by atoms with Crippen molar-refractivity contribution in [3.63, 3.8) is 0 Å². The zero-order valence-corrected chi connectivity index (χ0v) is 11.2. The summed E-state index contributed by atoms with van der Waals surface area (Å²) in [6.07, 6.45) is 0.485. The number of anilines is 1. The monoisotopic (exact) mass is 275 g/mol. The van der Waals surface area contributed by atoms with E-state index in [1.807, 2.05) is 0 Å². The molecule has 0 saturated carbocycles. The zero-order chi connectivity index (χ0) is 13.4. The van der Waals surface area contributed by atoms with Gasteiger partial charge in [0.25, 0.3) is 0 Å². The number of sulfone groups is 1. The second-order valence-corrected chi connectivity index (χ2v) is 6.21. The number of methoxy groups -OCH3 is 1. The highest BCUT2D eigenvalue weighted by Crippen LogP contribution is 2.11. The van der Waals surface area contributed by atoms with Crippen LogP contribution in [0.4, 0.5) is 10.1 Å². The topological polar surface area (TPSA) is 55.4 Å². The molecule has 0 saturated heterocycles. The second-order valence-electron chi connectivity index (χ2n) is 3.90. The summed E-state index contributed by atoms with van der Waals surface area (Å²) in [5.74, 6) is -0.292. The Morgan fingerprint density at radius 1 is 1.28 bits per heavy atom. The molecule has 0 aliphatic heterocycles. The van der Waals surface area contributed by atoms with E-state index in [0.29, 0.717) is 18.7 Å². The van der Waals surface area contributed by atoms with E-state index in [-0.39, 0.29) is 23.9 Å². The number of benzene rings is 1. The van der Waals surface area contributed by atoms with Crippen molar-refractivity contribution < 1.29 is 17.5 Å². The smallest absolute Gasteiger partial charge is 0.152 e. The summed E-state index contributed by atoms with van der Waals surface area (Å²) in [5, 5.41) is 2.77. The lowest BCUT2D eigenvalue weighted by atomic mass is 10.3. The van der Waals surface area contributed by atoms with Gasteiger partial charge in [-0.1, -0.05) is 12.1 Å². The maximum Gasteiger partial charge on any atom is 0.152 e. The molecule has 0 aliphatic carbocycles. The van der Waals surface area contributed by atoms with Gasteiger partial charge in [-0.3, -0.25) is 0 Å². The fourth-order valence-corrected chi connectivity index (χ4v) is 2.65. The fraction of sp³-hybridized carbons (Fsp3) is 0.500. The first-order valence-electron chi connectivity index (χ1n) is 5.73. The molecule has 1 aromatic carbocycles. The first-order valence-corrected chi connectivity index (χ1v) is 7.55. The van der Waals surface area contributed by atoms with Crippen molar-refractivity contribution in [2.45, 2.75) is 6.42 Å². The van der Waals surface area contributed by atoms with Gasteiger partial charge in [-0.05, 0) is 18.6 Å². The number of rotatable bonds is 8. The summed E-state index contributed by atoms with van der Waals surface area (Å²) in [7, 11) is -1.57. The van der Waals surface area contributed by atoms with Crippen molar-refractivity contribution >= 4 is 15.5 Å². The summed E-state index contributed by atoms with van der Waals surface area (Å²) < 4.78 is 41.2. The summed E-state index contributed by atoms with van der Waals surface area (Å²) >= 11 is 0. The molecule has 0 unspecified atom stereocenters. The number of hydrogen-bond donors (Lipinski definition) is 1. The molecule has 0 bridgehead atoms. The van der Waals surface area contributed by atoms with E-state index in [1.165, 1.54) is 13.2 Å². The Hall–Kier alpha value is -1.14. The number of hydrogen-bond acceptors (Lipinski definition) is 4. The molecule has 102 valence electrons. The summed E-state index contributed by atoms with van der Waals surface area (Å²) in [4.78, 5) is 0. The average molecular weight is 275 g/mol. The van der Waals surface area contributed by atoms with E-state index in [0.717, 1.165) is 0 Å². The number of para-hydroxylation sites is 1. The molecule has 0 fully saturated rings. The first-order chi connectivity index (χ1) is 8.55. The molecule has 1 aromatic rings. The molecule has 0 aliphatic rings. The van der Waals surface area contributed by atoms with Crippen LogP contribution < -0.4 is 5.32 Å². The molecule has 1 rings (SSSR count). The van der Waals surface area contributed by atoms with E-state index in [4.69, 9.17) is 4.74 Å². The van der Waals surface area contributed by atoms with E-state index in [2.05, 4.69) is 5.32 Å². The fourth-order valence-electron chi connectivity index (χ4n) is 1.47. The third kappa shape index (κ3) is 5.46. The van der Waals surface area contributed by atoms with Gasteiger partial charge in [-0.2, -0.15) is 0 Å². The SMILES string of the molecule is COCCCS(=O)(=O)CCNc1ccccc1F. The highest BCUT2D eigenvalue weighted by atomic mass is 32.2. The van der Waals surface area contributed by atoms with Crippen LogP contribution in [0, 0.1) is 5.82 Å². The Morgan fingerprint density at radius 2 is 2.00 bits per heavy atom. The van der Waals surface area contributed by atoms with E-state index in [1.54, 1.807) is 18.2 Å². The van der Waals surface area contributed by atoms with Crippen LogP contribution in [0.15, 0.2) is 24.3 Å². The minimum absolute atomic E-state index is 0.00888. The highest BCUT2D eigenvalue weighted by molar-refractivity contribution is 7.91. The minimum atomic E-state index is -3.10. The van der Waals surface area contributed by atoms with E-state index < -0.39 is 9.84 Å². The van der Waals surface area contributed by atoms with Crippen molar-refractivity contribution in [2.75, 3.05) is 37.1 Å². The van der Waals surface area contributed by atoms with Crippen molar-refractivity contribution in [1.82, 2.24) is 0 Å². The first kappa shape index (κ1) is 14.9. The van der Waals surface area contributed by atoms with Crippen LogP contribution in [-0.2, 0) is 14.6 Å². The van der Waals surface area contributed by atoms with Gasteiger partial charge in [0.2, 0.25) is 0 Å². The lowest BCUT2D eigenvalue weighted by molar-refractivity contribution is 0.199. The molecular weight excluding hydrogens is 257 g/mol. The predicted molar refractivity (Wildman–Crippen MR) is 70.0 cm³/mol. The maximum absolute atomic E-state index is 13.2. The molecule has 0 radical (unpaired) electrons. The maximum atomic E-state index is 13.2. The molecule has 18 heavy (non-hydrogen) atoms. The molecule has 0 amide bonds. The molecular formula is C12H18FNO3S. The summed E-state index contributed by atoms with van der Waals surface area (Å²) in [6, 6.07) is 6.18. The van der Waals surface area contributed by atoms with Gasteiger partial charge in [0.1, 0.15) is 5.82 Å². The quantitative estimate of drug-likeness (QED) is 0.734. The third-order valence-corrected chi connectivity index (χ3v) is 4.14. The lowest BCUT2D eigenvalue weighted by Gasteiger charge is -2.08. The highest BCUT2D eigenvalue weighted by Gasteiger charge is 2.10. The van der Waals surface area contributed by atoms with Crippen molar-refractivity contribution in [3.05, 3.63) is 30.1 Å². The Balaban J connectivity index is 2.35. The standard InChI is InChI=1S/C12H18FNO3S/c1-17-8-4-9-18(15,16)10-7-14-12-6-3-2-5-11(12)13/h2-3,5-6,14H,4,7-10H2,1H3. The molecule has 4 nitrogen and oxygen atoms in total. The van der Waals surface area contributed by atoms with Gasteiger partial charge in [0, 0.05) is 20.3 Å². The van der Waals surface area contributed by atoms with E-state index in [9.17, 15) is 12.8 Å². The van der Waals surface area contributed by atoms with Crippen LogP contribution in [0.5, 0.6) is 0 Å². The Bertz CT molecular complexity index is 462. The van der Waals surface area contributed by atoms with Crippen LogP contribution in [0.1, 0.15) is 6.42 Å². The zero-order valence-electron chi connectivity index (χ0n) is 10.4. The van der Waals surface area contributed by atoms with Gasteiger partial charge in [0.15, 0.2) is 9.84 Å². The number of nitrogens with one attached hydrogen (secondary N) is 1. The summed E-state index contributed by atoms with van der Waals surface area (Å²) in [5.41, 5.74) is 0.324. The van der Waals surface area contributed by atoms with Crippen LogP contribution in [0.25, 0.3) is 0 Å². The normalized spacial score (nSPS) is 11.4. The Morgan fingerprint density at radius 3 is 2.67 bits per heavy atom. The van der Waals surface area contributed by atoms with Gasteiger partial charge < -0.3 is 10.1 Å². The van der Waals surface area contributed by atoms with Crippen LogP contribution in [0.3, 0.4) is 0 Å². The Labute approximate surface area is 107 Å². The average Bonchev–Trinajstić information content (AvgIpc) is 2.32. The summed E-state index contributed by atoms with van der Waals surface area (Å²) in [6.45, 7) is 0.635. The lowest BCUT2D eigenvalue weighted by Crippen LogP contribution is -2.19. The third-order valence-electron chi connectivity index (χ3n) is 2.41. The number of halogens is 1.